The van der Waals surface area contributed by atoms with Gasteiger partial charge in [-0.15, -0.1) is 21.5 Å². The molecule has 0 aromatic carbocycles. The van der Waals surface area contributed by atoms with Crippen LogP contribution >= 0.6 is 23.1 Å². The lowest BCUT2D eigenvalue weighted by Gasteiger charge is -2.09. The van der Waals surface area contributed by atoms with Crippen LogP contribution in [0.3, 0.4) is 0 Å². The monoisotopic (exact) mass is 321 g/mol. The van der Waals surface area contributed by atoms with E-state index in [1.54, 1.807) is 11.3 Å². The van der Waals surface area contributed by atoms with Gasteiger partial charge >= 0.3 is 0 Å². The minimum absolute atomic E-state index is 0.321. The fraction of sp³-hybridized carbons (Fsp3) is 0.286. The van der Waals surface area contributed by atoms with E-state index < -0.39 is 6.10 Å². The maximum atomic E-state index is 9.95. The van der Waals surface area contributed by atoms with Gasteiger partial charge in [-0.2, -0.15) is 0 Å². The number of thiophene rings is 1. The Morgan fingerprint density at radius 1 is 1.29 bits per heavy atom. The molecule has 21 heavy (non-hydrogen) atoms. The zero-order valence-corrected chi connectivity index (χ0v) is 12.9. The van der Waals surface area contributed by atoms with Crippen molar-refractivity contribution in [2.75, 3.05) is 12.4 Å². The number of thioether (sulfide) groups is 1. The Morgan fingerprint density at radius 2 is 2.24 bits per heavy atom. The molecular weight excluding hydrogens is 306 g/mol. The summed E-state index contributed by atoms with van der Waals surface area (Å²) in [5, 5.41) is 20.9. The molecule has 0 radical (unpaired) electrons. The standard InChI is InChI=1S/C14H15N3O2S2/c18-11(8-19-9-12-4-3-7-20-12)10-21-14-16-15-13-5-1-2-6-17(13)14/h1-7,11,18H,8-10H2/t11-/m0/s1. The molecule has 110 valence electrons. The van der Waals surface area contributed by atoms with Gasteiger partial charge in [0.2, 0.25) is 0 Å². The average molecular weight is 321 g/mol. The largest absolute Gasteiger partial charge is 0.390 e. The summed E-state index contributed by atoms with van der Waals surface area (Å²) in [6.07, 6.45) is 1.39. The van der Waals surface area contributed by atoms with Crippen LogP contribution in [0.4, 0.5) is 0 Å². The molecule has 7 heteroatoms. The van der Waals surface area contributed by atoms with Crippen LogP contribution in [-0.4, -0.2) is 38.2 Å². The molecular formula is C14H15N3O2S2. The molecule has 3 aromatic rings. The van der Waals surface area contributed by atoms with Crippen molar-refractivity contribution in [2.24, 2.45) is 0 Å². The summed E-state index contributed by atoms with van der Waals surface area (Å²) >= 11 is 3.13. The minimum Gasteiger partial charge on any atom is -0.390 e. The molecule has 0 saturated carbocycles. The third-order valence-corrected chi connectivity index (χ3v) is 4.76. The summed E-state index contributed by atoms with van der Waals surface area (Å²) in [5.41, 5.74) is 0.809. The quantitative estimate of drug-likeness (QED) is 0.677. The zero-order valence-electron chi connectivity index (χ0n) is 11.3. The molecule has 3 rings (SSSR count). The number of rotatable bonds is 7. The van der Waals surface area contributed by atoms with Crippen LogP contribution in [0.15, 0.2) is 47.1 Å². The lowest BCUT2D eigenvalue weighted by molar-refractivity contribution is 0.0409. The van der Waals surface area contributed by atoms with Crippen LogP contribution in [-0.2, 0) is 11.3 Å². The lowest BCUT2D eigenvalue weighted by atomic mass is 10.4. The Kier molecular flexibility index (Phi) is 4.87. The fourth-order valence-corrected chi connectivity index (χ4v) is 3.30. The number of pyridine rings is 1. The molecule has 1 atom stereocenters. The predicted molar refractivity (Wildman–Crippen MR) is 83.7 cm³/mol. The fourth-order valence-electron chi connectivity index (χ4n) is 1.83. The van der Waals surface area contributed by atoms with E-state index in [1.165, 1.54) is 16.6 Å². The van der Waals surface area contributed by atoms with Gasteiger partial charge in [-0.3, -0.25) is 4.40 Å². The van der Waals surface area contributed by atoms with Gasteiger partial charge < -0.3 is 9.84 Å². The number of aromatic nitrogens is 3. The molecule has 0 aliphatic carbocycles. The first-order valence-corrected chi connectivity index (χ1v) is 8.40. The maximum absolute atomic E-state index is 9.95. The topological polar surface area (TPSA) is 59.7 Å². The summed E-state index contributed by atoms with van der Waals surface area (Å²) < 4.78 is 7.41. The smallest absolute Gasteiger partial charge is 0.195 e. The highest BCUT2D eigenvalue weighted by Gasteiger charge is 2.10. The molecule has 3 aromatic heterocycles. The number of fused-ring (bicyclic) bond motifs is 1. The molecule has 0 unspecified atom stereocenters. The number of ether oxygens (including phenoxy) is 1. The van der Waals surface area contributed by atoms with Crippen molar-refractivity contribution in [1.29, 1.82) is 0 Å². The van der Waals surface area contributed by atoms with Crippen LogP contribution in [0.5, 0.6) is 0 Å². The van der Waals surface area contributed by atoms with Gasteiger partial charge in [-0.1, -0.05) is 23.9 Å². The maximum Gasteiger partial charge on any atom is 0.195 e. The summed E-state index contributed by atoms with van der Waals surface area (Å²) in [4.78, 5) is 1.17. The molecule has 1 N–H and O–H groups in total. The Balaban J connectivity index is 1.46. The van der Waals surface area contributed by atoms with Crippen molar-refractivity contribution in [1.82, 2.24) is 14.6 Å². The third kappa shape index (κ3) is 3.82. The number of aliphatic hydroxyl groups is 1. The van der Waals surface area contributed by atoms with Gasteiger partial charge in [0.1, 0.15) is 0 Å². The molecule has 0 amide bonds. The van der Waals surface area contributed by atoms with Crippen molar-refractivity contribution in [3.05, 3.63) is 46.8 Å². The molecule has 0 aliphatic rings. The first-order chi connectivity index (χ1) is 10.3. The molecule has 0 bridgehead atoms. The molecule has 3 heterocycles. The highest BCUT2D eigenvalue weighted by atomic mass is 32.2. The number of hydrogen-bond donors (Lipinski definition) is 1. The van der Waals surface area contributed by atoms with Crippen molar-refractivity contribution in [2.45, 2.75) is 17.9 Å². The second-order valence-corrected chi connectivity index (χ2v) is 6.49. The SMILES string of the molecule is O[C@@H](COCc1cccs1)CSc1nnc2ccccn12. The zero-order chi connectivity index (χ0) is 14.5. The first kappa shape index (κ1) is 14.5. The highest BCUT2D eigenvalue weighted by Crippen LogP contribution is 2.18. The second kappa shape index (κ2) is 7.04. The first-order valence-electron chi connectivity index (χ1n) is 6.53. The van der Waals surface area contributed by atoms with Crippen LogP contribution in [0.2, 0.25) is 0 Å². The second-order valence-electron chi connectivity index (χ2n) is 4.47. The molecule has 0 spiro atoms. The van der Waals surface area contributed by atoms with E-state index in [1.807, 2.05) is 46.3 Å². The van der Waals surface area contributed by atoms with Crippen LogP contribution in [0.25, 0.3) is 5.65 Å². The number of aliphatic hydroxyl groups excluding tert-OH is 1. The van der Waals surface area contributed by atoms with Gasteiger partial charge in [0.15, 0.2) is 10.8 Å². The Bertz CT molecular complexity index is 684. The van der Waals surface area contributed by atoms with Gasteiger partial charge in [0.05, 0.1) is 19.3 Å². The van der Waals surface area contributed by atoms with Gasteiger partial charge in [0, 0.05) is 16.8 Å². The minimum atomic E-state index is -0.522. The Labute approximate surface area is 130 Å². The molecule has 0 saturated heterocycles. The van der Waals surface area contributed by atoms with Crippen LogP contribution in [0, 0.1) is 0 Å². The van der Waals surface area contributed by atoms with E-state index in [2.05, 4.69) is 10.2 Å². The van der Waals surface area contributed by atoms with Gasteiger partial charge in [0.25, 0.3) is 0 Å². The van der Waals surface area contributed by atoms with E-state index in [0.717, 1.165) is 10.8 Å². The predicted octanol–water partition coefficient (Wildman–Crippen LogP) is 2.46. The summed E-state index contributed by atoms with van der Waals surface area (Å²) in [7, 11) is 0. The molecule has 5 nitrogen and oxygen atoms in total. The Morgan fingerprint density at radius 3 is 3.10 bits per heavy atom. The normalized spacial score (nSPS) is 12.8. The van der Waals surface area contributed by atoms with Crippen LogP contribution < -0.4 is 0 Å². The van der Waals surface area contributed by atoms with E-state index in [9.17, 15) is 5.11 Å². The number of nitrogens with zero attached hydrogens (tertiary/aromatic N) is 3. The van der Waals surface area contributed by atoms with Gasteiger partial charge in [-0.25, -0.2) is 0 Å². The highest BCUT2D eigenvalue weighted by molar-refractivity contribution is 7.99. The van der Waals surface area contributed by atoms with E-state index in [4.69, 9.17) is 4.74 Å². The van der Waals surface area contributed by atoms with E-state index in [-0.39, 0.29) is 0 Å². The molecule has 0 fully saturated rings. The third-order valence-electron chi connectivity index (χ3n) is 2.82. The van der Waals surface area contributed by atoms with Gasteiger partial charge in [-0.05, 0) is 23.6 Å². The summed E-state index contributed by atoms with van der Waals surface area (Å²) in [6, 6.07) is 9.77. The summed E-state index contributed by atoms with van der Waals surface area (Å²) in [5.74, 6) is 0.528. The van der Waals surface area contributed by atoms with Crippen molar-refractivity contribution >= 4 is 28.7 Å². The van der Waals surface area contributed by atoms with Crippen molar-refractivity contribution in [3.8, 4) is 0 Å². The number of hydrogen-bond acceptors (Lipinski definition) is 6. The van der Waals surface area contributed by atoms with E-state index in [0.29, 0.717) is 19.0 Å². The van der Waals surface area contributed by atoms with Crippen LogP contribution in [0.1, 0.15) is 4.88 Å². The van der Waals surface area contributed by atoms with Crippen molar-refractivity contribution in [3.63, 3.8) is 0 Å². The average Bonchev–Trinajstić information content (AvgIpc) is 3.14. The Hall–Kier alpha value is -1.41. The molecule has 0 aliphatic heterocycles. The summed E-state index contributed by atoms with van der Waals surface area (Å²) in [6.45, 7) is 0.870. The van der Waals surface area contributed by atoms with E-state index >= 15 is 0 Å². The van der Waals surface area contributed by atoms with Crippen molar-refractivity contribution < 1.29 is 9.84 Å². The lowest BCUT2D eigenvalue weighted by Crippen LogP contribution is -2.18.